The Balaban J connectivity index is 5.11. The topological polar surface area (TPSA) is 64.7 Å². The molecule has 0 unspecified atom stereocenters. The summed E-state index contributed by atoms with van der Waals surface area (Å²) in [4.78, 5) is 4.01. The van der Waals surface area contributed by atoms with Crippen LogP contribution in [0.2, 0.25) is 0 Å². The van der Waals surface area contributed by atoms with Crippen molar-refractivity contribution >= 4 is 81.1 Å². The van der Waals surface area contributed by atoms with E-state index in [0.29, 0.717) is 61.1 Å². The first-order valence-corrected chi connectivity index (χ1v) is 16.8. The maximum Gasteiger partial charge on any atom is 0.174 e. The standard InChI is InChI=1S/C16H34Br2N4O2P2S2/c1-5-25(23,6-2)19-15(27)21(11-9-17)13-14-22(12-10-18)16(28)20-26(24,7-3)8-4/h5-14H2,1-4H3,(H,19,23,27)(H,20,24,28). The van der Waals surface area contributed by atoms with E-state index in [-0.39, 0.29) is 0 Å². The molecule has 0 saturated heterocycles. The van der Waals surface area contributed by atoms with E-state index in [1.165, 1.54) is 0 Å². The van der Waals surface area contributed by atoms with Gasteiger partial charge in [-0.15, -0.1) is 0 Å². The highest BCUT2D eigenvalue weighted by molar-refractivity contribution is 9.09. The zero-order valence-corrected chi connectivity index (χ0v) is 23.8. The van der Waals surface area contributed by atoms with Crippen molar-refractivity contribution in [3.05, 3.63) is 0 Å². The number of halogens is 2. The first kappa shape index (κ1) is 28.8. The van der Waals surface area contributed by atoms with Crippen LogP contribution in [0.5, 0.6) is 0 Å². The van der Waals surface area contributed by atoms with Crippen LogP contribution < -0.4 is 10.2 Å². The van der Waals surface area contributed by atoms with Gasteiger partial charge in [-0.3, -0.25) is 0 Å². The van der Waals surface area contributed by atoms with Crippen molar-refractivity contribution in [3.8, 4) is 0 Å². The van der Waals surface area contributed by atoms with Gasteiger partial charge < -0.3 is 29.1 Å². The highest BCUT2D eigenvalue weighted by Gasteiger charge is 2.23. The van der Waals surface area contributed by atoms with Gasteiger partial charge in [-0.05, 0) is 24.4 Å². The number of nitrogens with one attached hydrogen (secondary N) is 2. The van der Waals surface area contributed by atoms with Gasteiger partial charge in [0.1, 0.15) is 0 Å². The van der Waals surface area contributed by atoms with Crippen molar-refractivity contribution in [3.63, 3.8) is 0 Å². The van der Waals surface area contributed by atoms with E-state index < -0.39 is 14.6 Å². The van der Waals surface area contributed by atoms with E-state index >= 15 is 0 Å². The second kappa shape index (κ2) is 14.7. The molecule has 0 rings (SSSR count). The number of nitrogens with zero attached hydrogens (tertiary/aromatic N) is 2. The lowest BCUT2D eigenvalue weighted by molar-refractivity contribution is 0.359. The van der Waals surface area contributed by atoms with Crippen LogP contribution in [0.1, 0.15) is 27.7 Å². The largest absolute Gasteiger partial charge is 0.346 e. The minimum absolute atomic E-state index is 0.511. The number of hydrogen-bond donors (Lipinski definition) is 2. The van der Waals surface area contributed by atoms with Gasteiger partial charge >= 0.3 is 0 Å². The molecule has 28 heavy (non-hydrogen) atoms. The van der Waals surface area contributed by atoms with Gasteiger partial charge in [0.15, 0.2) is 24.8 Å². The Morgan fingerprint density at radius 2 is 1.00 bits per heavy atom. The molecule has 0 bridgehead atoms. The third-order valence-corrected chi connectivity index (χ3v) is 11.6. The summed E-state index contributed by atoms with van der Waals surface area (Å²) in [6.45, 7) is 10.3. The molecule has 0 aliphatic heterocycles. The second-order valence-corrected chi connectivity index (χ2v) is 15.1. The fraction of sp³-hybridized carbons (Fsp3) is 0.875. The van der Waals surface area contributed by atoms with Crippen LogP contribution in [-0.2, 0) is 9.13 Å². The van der Waals surface area contributed by atoms with E-state index in [9.17, 15) is 9.13 Å². The summed E-state index contributed by atoms with van der Waals surface area (Å²) in [6.07, 6.45) is 2.27. The first-order chi connectivity index (χ1) is 13.1. The molecule has 0 heterocycles. The summed E-state index contributed by atoms with van der Waals surface area (Å²) < 4.78 is 25.5. The lowest BCUT2D eigenvalue weighted by Crippen LogP contribution is -2.47. The highest BCUT2D eigenvalue weighted by Crippen LogP contribution is 2.40. The summed E-state index contributed by atoms with van der Waals surface area (Å²) in [5.74, 6) is 0. The summed E-state index contributed by atoms with van der Waals surface area (Å²) in [5, 5.41) is 8.70. The first-order valence-electron chi connectivity index (χ1n) is 9.56. The number of rotatable bonds is 13. The van der Waals surface area contributed by atoms with Crippen molar-refractivity contribution < 1.29 is 9.13 Å². The van der Waals surface area contributed by atoms with Crippen LogP contribution in [0, 0.1) is 0 Å². The fourth-order valence-electron chi connectivity index (χ4n) is 2.33. The molecule has 0 spiro atoms. The molecular weight excluding hydrogens is 566 g/mol. The molecule has 0 aromatic rings. The Morgan fingerprint density at radius 3 is 1.21 bits per heavy atom. The zero-order chi connectivity index (χ0) is 21.8. The summed E-state index contributed by atoms with van der Waals surface area (Å²) in [7, 11) is -4.95. The molecule has 6 nitrogen and oxygen atoms in total. The van der Waals surface area contributed by atoms with Crippen molar-refractivity contribution in [2.75, 3.05) is 61.5 Å². The molecule has 0 amide bonds. The molecule has 0 saturated carbocycles. The van der Waals surface area contributed by atoms with Gasteiger partial charge in [0, 0.05) is 61.5 Å². The Kier molecular flexibility index (Phi) is 15.2. The average molecular weight is 600 g/mol. The molecule has 166 valence electrons. The third-order valence-electron chi connectivity index (χ3n) is 4.57. The van der Waals surface area contributed by atoms with Gasteiger partial charge in [0.25, 0.3) is 0 Å². The normalized spacial score (nSPS) is 11.8. The Bertz CT molecular complexity index is 533. The van der Waals surface area contributed by atoms with Crippen LogP contribution >= 0.6 is 70.9 Å². The fourth-order valence-corrected chi connectivity index (χ4v) is 7.06. The molecule has 0 aromatic heterocycles. The molecule has 0 radical (unpaired) electrons. The SMILES string of the molecule is CCP(=O)(CC)NC(=S)N(CCBr)CCN(CCBr)C(=S)NP(=O)(CC)CC. The minimum atomic E-state index is -2.47. The molecule has 0 aliphatic carbocycles. The van der Waals surface area contributed by atoms with Crippen molar-refractivity contribution in [1.29, 1.82) is 0 Å². The van der Waals surface area contributed by atoms with E-state index in [2.05, 4.69) is 42.0 Å². The highest BCUT2D eigenvalue weighted by atomic mass is 79.9. The van der Waals surface area contributed by atoms with Crippen LogP contribution in [0.25, 0.3) is 0 Å². The quantitative estimate of drug-likeness (QED) is 0.178. The van der Waals surface area contributed by atoms with Gasteiger partial charge in [0.2, 0.25) is 0 Å². The van der Waals surface area contributed by atoms with Gasteiger partial charge in [0.05, 0.1) is 0 Å². The molecular formula is C16H34Br2N4O2P2S2. The third kappa shape index (κ3) is 10.2. The summed E-state index contributed by atoms with van der Waals surface area (Å²) in [6, 6.07) is 0. The van der Waals surface area contributed by atoms with E-state index in [1.807, 2.05) is 37.5 Å². The Morgan fingerprint density at radius 1 is 0.714 bits per heavy atom. The summed E-state index contributed by atoms with van der Waals surface area (Å²) in [5.41, 5.74) is 0. The van der Waals surface area contributed by atoms with Crippen molar-refractivity contribution in [2.24, 2.45) is 0 Å². The lowest BCUT2D eigenvalue weighted by Gasteiger charge is -2.32. The van der Waals surface area contributed by atoms with Crippen molar-refractivity contribution in [2.45, 2.75) is 27.7 Å². The predicted octanol–water partition coefficient (Wildman–Crippen LogP) is 4.77. The van der Waals surface area contributed by atoms with Crippen LogP contribution in [0.3, 0.4) is 0 Å². The molecule has 12 heteroatoms. The molecule has 0 aromatic carbocycles. The van der Waals surface area contributed by atoms with E-state index in [0.717, 1.165) is 10.7 Å². The second-order valence-electron chi connectivity index (χ2n) is 6.23. The van der Waals surface area contributed by atoms with E-state index in [1.54, 1.807) is 0 Å². The van der Waals surface area contributed by atoms with Gasteiger partial charge in [-0.2, -0.15) is 0 Å². The van der Waals surface area contributed by atoms with Gasteiger partial charge in [-0.25, -0.2) is 0 Å². The molecule has 0 aliphatic rings. The average Bonchev–Trinajstić information content (AvgIpc) is 2.69. The lowest BCUT2D eigenvalue weighted by atomic mass is 10.4. The van der Waals surface area contributed by atoms with Crippen LogP contribution in [-0.4, -0.2) is 81.5 Å². The smallest absolute Gasteiger partial charge is 0.174 e. The number of hydrogen-bond acceptors (Lipinski definition) is 4. The van der Waals surface area contributed by atoms with Gasteiger partial charge in [-0.1, -0.05) is 59.6 Å². The van der Waals surface area contributed by atoms with E-state index in [4.69, 9.17) is 24.4 Å². The molecule has 0 fully saturated rings. The zero-order valence-electron chi connectivity index (χ0n) is 17.2. The Labute approximate surface area is 198 Å². The van der Waals surface area contributed by atoms with Crippen LogP contribution in [0.4, 0.5) is 0 Å². The number of alkyl halides is 2. The predicted molar refractivity (Wildman–Crippen MR) is 140 cm³/mol. The minimum Gasteiger partial charge on any atom is -0.346 e. The Hall–Kier alpha value is 0.800. The van der Waals surface area contributed by atoms with Crippen molar-refractivity contribution in [1.82, 2.24) is 20.0 Å². The maximum atomic E-state index is 12.7. The maximum absolute atomic E-state index is 12.7. The number of thiocarbonyl (C=S) groups is 2. The monoisotopic (exact) mass is 598 g/mol. The van der Waals surface area contributed by atoms with Crippen LogP contribution in [0.15, 0.2) is 0 Å². The molecule has 0 atom stereocenters. The summed E-state index contributed by atoms with van der Waals surface area (Å²) >= 11 is 18.0. The molecule has 2 N–H and O–H groups in total.